The largest absolute Gasteiger partial charge is 0.420 e. The number of ether oxygens (including phenoxy) is 1. The van der Waals surface area contributed by atoms with E-state index in [-0.39, 0.29) is 23.2 Å². The molecule has 0 aliphatic carbocycles. The van der Waals surface area contributed by atoms with E-state index in [2.05, 4.69) is 15.2 Å². The summed E-state index contributed by atoms with van der Waals surface area (Å²) in [6.45, 7) is 2.25. The Labute approximate surface area is 186 Å². The zero-order valence-electron chi connectivity index (χ0n) is 17.3. The Bertz CT molecular complexity index is 1320. The van der Waals surface area contributed by atoms with Crippen molar-refractivity contribution in [3.05, 3.63) is 74.9 Å². The highest BCUT2D eigenvalue weighted by molar-refractivity contribution is 7.98. The van der Waals surface area contributed by atoms with Crippen LogP contribution in [0.25, 0.3) is 22.4 Å². The first-order valence-corrected chi connectivity index (χ1v) is 10.7. The van der Waals surface area contributed by atoms with Crippen molar-refractivity contribution >= 4 is 28.4 Å². The lowest BCUT2D eigenvalue weighted by molar-refractivity contribution is -0.384. The Kier molecular flexibility index (Phi) is 6.28. The minimum absolute atomic E-state index is 0.0189. The molecule has 0 bridgehead atoms. The van der Waals surface area contributed by atoms with Crippen molar-refractivity contribution in [2.75, 3.05) is 13.7 Å². The first-order valence-electron chi connectivity index (χ1n) is 9.68. The number of hydrogen-bond donors (Lipinski definition) is 0. The van der Waals surface area contributed by atoms with E-state index in [0.29, 0.717) is 39.9 Å². The SMILES string of the molecule is COCC(C)n1c(SCc2nnc(-c3ccc([N+](=O)[O-])cc3)o2)nc2ccccc2c1=O. The Morgan fingerprint density at radius 3 is 2.66 bits per heavy atom. The van der Waals surface area contributed by atoms with Crippen LogP contribution in [0.5, 0.6) is 0 Å². The molecule has 2 aromatic carbocycles. The minimum Gasteiger partial charge on any atom is -0.420 e. The third-order valence-corrected chi connectivity index (χ3v) is 5.68. The standard InChI is InChI=1S/C21H19N5O5S/c1-13(11-30-2)25-20(27)16-5-3-4-6-17(16)22-21(25)32-12-18-23-24-19(31-18)14-7-9-15(10-8-14)26(28)29/h3-10,13H,11-12H2,1-2H3. The fourth-order valence-electron chi connectivity index (χ4n) is 3.21. The summed E-state index contributed by atoms with van der Waals surface area (Å²) in [6, 6.07) is 12.8. The molecule has 0 aliphatic heterocycles. The normalized spacial score (nSPS) is 12.2. The first kappa shape index (κ1) is 21.7. The quantitative estimate of drug-likeness (QED) is 0.169. The van der Waals surface area contributed by atoms with Gasteiger partial charge in [0.1, 0.15) is 0 Å². The third-order valence-electron chi connectivity index (χ3n) is 4.74. The molecule has 4 rings (SSSR count). The summed E-state index contributed by atoms with van der Waals surface area (Å²) in [6.07, 6.45) is 0. The monoisotopic (exact) mass is 453 g/mol. The number of nitro benzene ring substituents is 1. The lowest BCUT2D eigenvalue weighted by Crippen LogP contribution is -2.28. The average molecular weight is 453 g/mol. The molecule has 0 saturated carbocycles. The van der Waals surface area contributed by atoms with Gasteiger partial charge in [-0.05, 0) is 31.2 Å². The van der Waals surface area contributed by atoms with Gasteiger partial charge in [-0.25, -0.2) is 4.98 Å². The number of rotatable bonds is 8. The van der Waals surface area contributed by atoms with E-state index in [0.717, 1.165) is 0 Å². The lowest BCUT2D eigenvalue weighted by Gasteiger charge is -2.18. The summed E-state index contributed by atoms with van der Waals surface area (Å²) >= 11 is 1.31. The first-order chi connectivity index (χ1) is 15.5. The van der Waals surface area contributed by atoms with Crippen LogP contribution in [0.2, 0.25) is 0 Å². The molecule has 10 nitrogen and oxygen atoms in total. The fourth-order valence-corrected chi connectivity index (χ4v) is 4.15. The number of aromatic nitrogens is 4. The highest BCUT2D eigenvalue weighted by Crippen LogP contribution is 2.26. The zero-order valence-corrected chi connectivity index (χ0v) is 18.1. The summed E-state index contributed by atoms with van der Waals surface area (Å²) in [5.74, 6) is 0.897. The van der Waals surface area contributed by atoms with Crippen LogP contribution in [0, 0.1) is 10.1 Å². The molecule has 0 fully saturated rings. The van der Waals surface area contributed by atoms with Crippen molar-refractivity contribution in [1.29, 1.82) is 0 Å². The molecule has 11 heteroatoms. The summed E-state index contributed by atoms with van der Waals surface area (Å²) in [5.41, 5.74) is 1.03. The van der Waals surface area contributed by atoms with Gasteiger partial charge in [-0.1, -0.05) is 23.9 Å². The van der Waals surface area contributed by atoms with Gasteiger partial charge in [0.2, 0.25) is 11.8 Å². The van der Waals surface area contributed by atoms with E-state index >= 15 is 0 Å². The second-order valence-corrected chi connectivity index (χ2v) is 7.93. The molecular weight excluding hydrogens is 434 g/mol. The molecule has 2 aromatic heterocycles. The topological polar surface area (TPSA) is 126 Å². The number of fused-ring (bicyclic) bond motifs is 1. The van der Waals surface area contributed by atoms with Gasteiger partial charge in [0, 0.05) is 24.8 Å². The molecule has 1 unspecified atom stereocenters. The predicted octanol–water partition coefficient (Wildman–Crippen LogP) is 3.85. The van der Waals surface area contributed by atoms with Crippen LogP contribution < -0.4 is 5.56 Å². The number of hydrogen-bond acceptors (Lipinski definition) is 9. The Hall–Kier alpha value is -3.57. The fraction of sp³-hybridized carbons (Fsp3) is 0.238. The number of nitrogens with zero attached hydrogens (tertiary/aromatic N) is 5. The zero-order chi connectivity index (χ0) is 22.7. The van der Waals surface area contributed by atoms with Crippen LogP contribution >= 0.6 is 11.8 Å². The van der Waals surface area contributed by atoms with E-state index in [1.165, 1.54) is 23.9 Å². The summed E-state index contributed by atoms with van der Waals surface area (Å²) in [7, 11) is 1.58. The molecule has 0 radical (unpaired) electrons. The Morgan fingerprint density at radius 1 is 1.19 bits per heavy atom. The molecule has 32 heavy (non-hydrogen) atoms. The number of methoxy groups -OCH3 is 1. The average Bonchev–Trinajstić information content (AvgIpc) is 3.27. The molecule has 164 valence electrons. The second kappa shape index (κ2) is 9.28. The second-order valence-electron chi connectivity index (χ2n) is 6.98. The van der Waals surface area contributed by atoms with Crippen LogP contribution in [0.4, 0.5) is 5.69 Å². The molecular formula is C21H19N5O5S. The van der Waals surface area contributed by atoms with Crippen LogP contribution in [-0.2, 0) is 10.5 Å². The van der Waals surface area contributed by atoms with Crippen LogP contribution in [-0.4, -0.2) is 38.4 Å². The van der Waals surface area contributed by atoms with E-state index in [1.807, 2.05) is 19.1 Å². The van der Waals surface area contributed by atoms with Crippen LogP contribution in [0.1, 0.15) is 18.9 Å². The van der Waals surface area contributed by atoms with Crippen molar-refractivity contribution in [2.45, 2.75) is 23.9 Å². The van der Waals surface area contributed by atoms with Gasteiger partial charge >= 0.3 is 0 Å². The van der Waals surface area contributed by atoms with Gasteiger partial charge in [-0.15, -0.1) is 10.2 Å². The Balaban J connectivity index is 1.60. The van der Waals surface area contributed by atoms with Crippen molar-refractivity contribution in [1.82, 2.24) is 19.7 Å². The maximum absolute atomic E-state index is 13.1. The van der Waals surface area contributed by atoms with Crippen molar-refractivity contribution in [3.63, 3.8) is 0 Å². The molecule has 0 N–H and O–H groups in total. The maximum Gasteiger partial charge on any atom is 0.269 e. The molecule has 0 amide bonds. The molecule has 0 aliphatic rings. The number of thioether (sulfide) groups is 1. The smallest absolute Gasteiger partial charge is 0.269 e. The highest BCUT2D eigenvalue weighted by atomic mass is 32.2. The lowest BCUT2D eigenvalue weighted by atomic mass is 10.2. The number of nitro groups is 1. The Morgan fingerprint density at radius 2 is 1.94 bits per heavy atom. The van der Waals surface area contributed by atoms with Gasteiger partial charge < -0.3 is 9.15 Å². The van der Waals surface area contributed by atoms with E-state index in [4.69, 9.17) is 9.15 Å². The maximum atomic E-state index is 13.1. The van der Waals surface area contributed by atoms with Crippen LogP contribution in [0.15, 0.2) is 62.9 Å². The summed E-state index contributed by atoms with van der Waals surface area (Å²) in [4.78, 5) is 28.1. The van der Waals surface area contributed by atoms with Crippen molar-refractivity contribution in [3.8, 4) is 11.5 Å². The summed E-state index contributed by atoms with van der Waals surface area (Å²) < 4.78 is 12.6. The predicted molar refractivity (Wildman–Crippen MR) is 119 cm³/mol. The highest BCUT2D eigenvalue weighted by Gasteiger charge is 2.18. The van der Waals surface area contributed by atoms with Gasteiger partial charge in [0.05, 0.1) is 34.2 Å². The van der Waals surface area contributed by atoms with Gasteiger partial charge in [0.15, 0.2) is 5.16 Å². The molecule has 2 heterocycles. The number of non-ortho nitro benzene ring substituents is 1. The molecule has 0 spiro atoms. The van der Waals surface area contributed by atoms with Gasteiger partial charge in [0.25, 0.3) is 11.2 Å². The number of benzene rings is 2. The van der Waals surface area contributed by atoms with Crippen LogP contribution in [0.3, 0.4) is 0 Å². The number of para-hydroxylation sites is 1. The van der Waals surface area contributed by atoms with E-state index in [9.17, 15) is 14.9 Å². The minimum atomic E-state index is -0.472. The van der Waals surface area contributed by atoms with E-state index < -0.39 is 4.92 Å². The molecule has 1 atom stereocenters. The molecule has 0 saturated heterocycles. The van der Waals surface area contributed by atoms with E-state index in [1.54, 1.807) is 35.9 Å². The van der Waals surface area contributed by atoms with Gasteiger partial charge in [-0.2, -0.15) is 0 Å². The summed E-state index contributed by atoms with van der Waals surface area (Å²) in [5, 5.41) is 19.9. The van der Waals surface area contributed by atoms with Crippen molar-refractivity contribution in [2.24, 2.45) is 0 Å². The third kappa shape index (κ3) is 4.39. The van der Waals surface area contributed by atoms with Crippen molar-refractivity contribution < 1.29 is 14.1 Å². The van der Waals surface area contributed by atoms with Gasteiger partial charge in [-0.3, -0.25) is 19.5 Å². The molecule has 4 aromatic rings.